The first-order valence-electron chi connectivity index (χ1n) is 8.71. The zero-order valence-corrected chi connectivity index (χ0v) is 18.7. The minimum absolute atomic E-state index is 0.150. The average Bonchev–Trinajstić information content (AvgIpc) is 2.94. The van der Waals surface area contributed by atoms with E-state index >= 15 is 0 Å². The summed E-state index contributed by atoms with van der Waals surface area (Å²) in [6.45, 7) is 1.92. The summed E-state index contributed by atoms with van der Waals surface area (Å²) in [6, 6.07) is 8.96. The number of hydrogen-bond donors (Lipinski definition) is 1. The number of anilines is 1. The smallest absolute Gasteiger partial charge is 0.294 e. The summed E-state index contributed by atoms with van der Waals surface area (Å²) in [5, 5.41) is 1.78. The lowest BCUT2D eigenvalue weighted by Crippen LogP contribution is -2.36. The van der Waals surface area contributed by atoms with E-state index in [0.29, 0.717) is 17.9 Å². The zero-order chi connectivity index (χ0) is 21.8. The first kappa shape index (κ1) is 22.3. The number of ether oxygens (including phenoxy) is 1. The Kier molecular flexibility index (Phi) is 7.17. The van der Waals surface area contributed by atoms with Gasteiger partial charge in [-0.05, 0) is 76.6 Å². The number of rotatable bonds is 6. The van der Waals surface area contributed by atoms with Crippen molar-refractivity contribution in [2.45, 2.75) is 6.92 Å². The molecule has 0 aromatic heterocycles. The molecule has 0 spiro atoms. The molecule has 0 bridgehead atoms. The molecule has 6 nitrogen and oxygen atoms in total. The van der Waals surface area contributed by atoms with E-state index in [0.717, 1.165) is 27.2 Å². The van der Waals surface area contributed by atoms with Crippen molar-refractivity contribution in [3.8, 4) is 5.75 Å². The molecule has 10 heteroatoms. The lowest BCUT2D eigenvalue weighted by Gasteiger charge is -2.12. The maximum atomic E-state index is 13.2. The first-order valence-corrected chi connectivity index (χ1v) is 10.7. The lowest BCUT2D eigenvalue weighted by molar-refractivity contribution is -0.127. The normalized spacial score (nSPS) is 15.1. The molecule has 1 aliphatic heterocycles. The molecule has 0 atom stereocenters. The van der Waals surface area contributed by atoms with Gasteiger partial charge in [0.15, 0.2) is 0 Å². The van der Waals surface area contributed by atoms with Gasteiger partial charge in [0.05, 0.1) is 21.0 Å². The highest BCUT2D eigenvalue weighted by Crippen LogP contribution is 2.34. The van der Waals surface area contributed by atoms with Gasteiger partial charge in [-0.3, -0.25) is 19.3 Å². The van der Waals surface area contributed by atoms with Gasteiger partial charge in [-0.25, -0.2) is 4.39 Å². The van der Waals surface area contributed by atoms with Crippen LogP contribution in [0.2, 0.25) is 5.02 Å². The monoisotopic (exact) mass is 512 g/mol. The summed E-state index contributed by atoms with van der Waals surface area (Å²) in [6.07, 6.45) is 1.57. The lowest BCUT2D eigenvalue weighted by atomic mass is 10.2. The molecule has 1 N–H and O–H groups in total. The Hall–Kier alpha value is -2.36. The van der Waals surface area contributed by atoms with Gasteiger partial charge in [0, 0.05) is 5.69 Å². The molecule has 3 rings (SSSR count). The molecule has 3 amide bonds. The number of amides is 3. The predicted molar refractivity (Wildman–Crippen MR) is 118 cm³/mol. The Morgan fingerprint density at radius 1 is 1.30 bits per heavy atom. The van der Waals surface area contributed by atoms with Crippen molar-refractivity contribution >= 4 is 68.1 Å². The van der Waals surface area contributed by atoms with Crippen molar-refractivity contribution in [3.05, 3.63) is 62.2 Å². The Balaban J connectivity index is 1.69. The van der Waals surface area contributed by atoms with Gasteiger partial charge < -0.3 is 10.1 Å². The highest BCUT2D eigenvalue weighted by molar-refractivity contribution is 9.10. The molecule has 0 saturated carbocycles. The summed E-state index contributed by atoms with van der Waals surface area (Å²) in [5.41, 5.74) is 0.953. The average molecular weight is 514 g/mol. The predicted octanol–water partition coefficient (Wildman–Crippen LogP) is 5.32. The van der Waals surface area contributed by atoms with Gasteiger partial charge in [-0.1, -0.05) is 17.7 Å². The number of imide groups is 1. The van der Waals surface area contributed by atoms with Crippen LogP contribution in [0.4, 0.5) is 14.9 Å². The third-order valence-electron chi connectivity index (χ3n) is 3.93. The van der Waals surface area contributed by atoms with Crippen molar-refractivity contribution in [1.82, 2.24) is 4.90 Å². The van der Waals surface area contributed by atoms with E-state index in [1.54, 1.807) is 24.3 Å². The molecule has 1 aliphatic rings. The molecule has 30 heavy (non-hydrogen) atoms. The standard InChI is InChI=1S/C20H15BrClFN2O4S/c1-2-29-16-6-3-11(7-13(16)21)8-17-19(27)25(20(28)30-17)10-18(26)24-12-4-5-15(23)14(22)9-12/h3-9H,2,10H2,1H3,(H,24,26)/b17-8-. The summed E-state index contributed by atoms with van der Waals surface area (Å²) in [5.74, 6) is -1.13. The minimum atomic E-state index is -0.619. The topological polar surface area (TPSA) is 75.7 Å². The van der Waals surface area contributed by atoms with Gasteiger partial charge in [0.25, 0.3) is 11.1 Å². The van der Waals surface area contributed by atoms with E-state index in [9.17, 15) is 18.8 Å². The van der Waals surface area contributed by atoms with Crippen molar-refractivity contribution < 1.29 is 23.5 Å². The van der Waals surface area contributed by atoms with Gasteiger partial charge >= 0.3 is 0 Å². The largest absolute Gasteiger partial charge is 0.493 e. The third kappa shape index (κ3) is 5.21. The number of halogens is 3. The number of carbonyl (C=O) groups is 3. The van der Waals surface area contributed by atoms with E-state index in [4.69, 9.17) is 16.3 Å². The fourth-order valence-corrected chi connectivity index (χ4v) is 4.11. The molecule has 0 unspecified atom stereocenters. The van der Waals surface area contributed by atoms with E-state index < -0.39 is 29.4 Å². The quantitative estimate of drug-likeness (QED) is 0.530. The van der Waals surface area contributed by atoms with Crippen molar-refractivity contribution in [3.63, 3.8) is 0 Å². The Bertz CT molecular complexity index is 1060. The van der Waals surface area contributed by atoms with E-state index in [1.165, 1.54) is 12.1 Å². The van der Waals surface area contributed by atoms with Crippen LogP contribution in [0.25, 0.3) is 6.08 Å². The molecule has 1 fully saturated rings. The molecule has 2 aromatic rings. The van der Waals surface area contributed by atoms with Crippen LogP contribution >= 0.6 is 39.3 Å². The molecular weight excluding hydrogens is 499 g/mol. The molecule has 1 heterocycles. The fourth-order valence-electron chi connectivity index (χ4n) is 2.59. The zero-order valence-electron chi connectivity index (χ0n) is 15.6. The number of nitrogens with one attached hydrogen (secondary N) is 1. The molecule has 156 valence electrons. The van der Waals surface area contributed by atoms with Crippen LogP contribution < -0.4 is 10.1 Å². The maximum absolute atomic E-state index is 13.2. The molecule has 2 aromatic carbocycles. The van der Waals surface area contributed by atoms with Gasteiger partial charge in [0.1, 0.15) is 18.1 Å². The van der Waals surface area contributed by atoms with E-state index in [2.05, 4.69) is 21.2 Å². The van der Waals surface area contributed by atoms with Gasteiger partial charge in [-0.15, -0.1) is 0 Å². The number of hydrogen-bond acceptors (Lipinski definition) is 5. The number of nitrogens with zero attached hydrogens (tertiary/aromatic N) is 1. The molecular formula is C20H15BrClFN2O4S. The number of carbonyl (C=O) groups excluding carboxylic acids is 3. The van der Waals surface area contributed by atoms with Crippen molar-refractivity contribution in [2.24, 2.45) is 0 Å². The van der Waals surface area contributed by atoms with Crippen LogP contribution in [-0.4, -0.2) is 35.1 Å². The summed E-state index contributed by atoms with van der Waals surface area (Å²) in [7, 11) is 0. The van der Waals surface area contributed by atoms with Crippen molar-refractivity contribution in [1.29, 1.82) is 0 Å². The second-order valence-corrected chi connectivity index (χ2v) is 8.32. The Labute approximate surface area is 189 Å². The van der Waals surface area contributed by atoms with Gasteiger partial charge in [-0.2, -0.15) is 0 Å². The highest BCUT2D eigenvalue weighted by atomic mass is 79.9. The second kappa shape index (κ2) is 9.63. The second-order valence-electron chi connectivity index (χ2n) is 6.07. The van der Waals surface area contributed by atoms with Crippen LogP contribution in [0.15, 0.2) is 45.8 Å². The van der Waals surface area contributed by atoms with Crippen LogP contribution in [0.3, 0.4) is 0 Å². The summed E-state index contributed by atoms with van der Waals surface area (Å²) in [4.78, 5) is 38.1. The van der Waals surface area contributed by atoms with E-state index in [1.807, 2.05) is 6.92 Å². The van der Waals surface area contributed by atoms with Crippen LogP contribution in [0, 0.1) is 5.82 Å². The number of thioether (sulfide) groups is 1. The van der Waals surface area contributed by atoms with Crippen LogP contribution in [-0.2, 0) is 9.59 Å². The SMILES string of the molecule is CCOc1ccc(/C=C2\SC(=O)N(CC(=O)Nc3ccc(F)c(Cl)c3)C2=O)cc1Br. The molecule has 1 saturated heterocycles. The Morgan fingerprint density at radius 3 is 2.73 bits per heavy atom. The van der Waals surface area contributed by atoms with Crippen molar-refractivity contribution in [2.75, 3.05) is 18.5 Å². The van der Waals surface area contributed by atoms with Crippen LogP contribution in [0.1, 0.15) is 12.5 Å². The third-order valence-corrected chi connectivity index (χ3v) is 5.75. The van der Waals surface area contributed by atoms with Gasteiger partial charge in [0.2, 0.25) is 5.91 Å². The summed E-state index contributed by atoms with van der Waals surface area (Å²) < 4.78 is 19.4. The minimum Gasteiger partial charge on any atom is -0.493 e. The van der Waals surface area contributed by atoms with E-state index in [-0.39, 0.29) is 15.6 Å². The molecule has 0 radical (unpaired) electrons. The molecule has 0 aliphatic carbocycles. The highest BCUT2D eigenvalue weighted by Gasteiger charge is 2.36. The fraction of sp³-hybridized carbons (Fsp3) is 0.150. The Morgan fingerprint density at radius 2 is 2.07 bits per heavy atom. The summed E-state index contributed by atoms with van der Waals surface area (Å²) >= 11 is 9.83. The van der Waals surface area contributed by atoms with Crippen LogP contribution in [0.5, 0.6) is 5.75 Å². The maximum Gasteiger partial charge on any atom is 0.294 e. The first-order chi connectivity index (χ1) is 14.3. The number of benzene rings is 2.